The number of anilines is 1. The van der Waals surface area contributed by atoms with Crippen LogP contribution in [0, 0.1) is 25.5 Å². The molecule has 0 aliphatic rings. The Bertz CT molecular complexity index is 1300. The van der Waals surface area contributed by atoms with Crippen molar-refractivity contribution in [3.63, 3.8) is 0 Å². The number of amides is 1. The summed E-state index contributed by atoms with van der Waals surface area (Å²) in [4.78, 5) is 18.1. The number of carbonyl (C=O) groups excluding carboxylic acids is 1. The van der Waals surface area contributed by atoms with Gasteiger partial charge in [-0.15, -0.1) is 6.58 Å². The molecule has 0 saturated heterocycles. The molecule has 7 nitrogen and oxygen atoms in total. The number of nitrogens with one attached hydrogen (secondary N) is 2. The molecule has 9 heteroatoms. The Labute approximate surface area is 189 Å². The molecule has 3 aromatic heterocycles. The van der Waals surface area contributed by atoms with Gasteiger partial charge in [-0.2, -0.15) is 5.10 Å². The van der Waals surface area contributed by atoms with Gasteiger partial charge in [0.2, 0.25) is 0 Å². The first-order valence-electron chi connectivity index (χ1n) is 9.69. The number of thiazole rings is 1. The van der Waals surface area contributed by atoms with E-state index in [-0.39, 0.29) is 5.91 Å². The minimum atomic E-state index is -0.210. The molecule has 3 heterocycles. The number of hydrogen-bond donors (Lipinski definition) is 2. The van der Waals surface area contributed by atoms with E-state index in [0.29, 0.717) is 27.8 Å². The van der Waals surface area contributed by atoms with Crippen LogP contribution >= 0.6 is 23.6 Å². The highest BCUT2D eigenvalue weighted by Gasteiger charge is 2.18. The van der Waals surface area contributed by atoms with Gasteiger partial charge in [0.1, 0.15) is 0 Å². The van der Waals surface area contributed by atoms with Gasteiger partial charge in [0.05, 0.1) is 10.6 Å². The van der Waals surface area contributed by atoms with Gasteiger partial charge in [0, 0.05) is 29.2 Å². The molecular weight excluding hydrogens is 428 g/mol. The van der Waals surface area contributed by atoms with Gasteiger partial charge in [0.15, 0.2) is 15.7 Å². The molecule has 0 fully saturated rings. The number of carbonyl (C=O) groups is 1. The van der Waals surface area contributed by atoms with E-state index in [1.807, 2.05) is 35.8 Å². The van der Waals surface area contributed by atoms with Gasteiger partial charge in [-0.1, -0.05) is 17.4 Å². The Kier molecular flexibility index (Phi) is 5.71. The Hall–Kier alpha value is -3.30. The third-order valence-corrected chi connectivity index (χ3v) is 6.33. The summed E-state index contributed by atoms with van der Waals surface area (Å²) in [6.07, 6.45) is 1.76. The summed E-state index contributed by atoms with van der Waals surface area (Å²) in [5.74, 6) is 0.472. The number of allylic oxidation sites excluding steroid dienone is 1. The number of hydrogen-bond acceptors (Lipinski definition) is 5. The third-order valence-electron chi connectivity index (χ3n) is 4.95. The molecule has 0 unspecified atom stereocenters. The Balaban J connectivity index is 1.55. The van der Waals surface area contributed by atoms with Crippen molar-refractivity contribution in [2.45, 2.75) is 27.3 Å². The predicted octanol–water partition coefficient (Wildman–Crippen LogP) is 5.22. The molecular formula is C22H22N6OS2. The summed E-state index contributed by atoms with van der Waals surface area (Å²) >= 11 is 6.65. The fourth-order valence-corrected chi connectivity index (χ4v) is 4.62. The van der Waals surface area contributed by atoms with Crippen LogP contribution in [0.2, 0.25) is 0 Å². The molecule has 4 aromatic rings. The van der Waals surface area contributed by atoms with Gasteiger partial charge in [-0.3, -0.25) is 19.8 Å². The van der Waals surface area contributed by atoms with Crippen LogP contribution in [0.15, 0.2) is 49.1 Å². The highest BCUT2D eigenvalue weighted by Crippen LogP contribution is 2.32. The van der Waals surface area contributed by atoms with Gasteiger partial charge in [-0.05, 0) is 69.4 Å². The SMILES string of the molecule is C=CCn1c(-c2sc(NC(=O)c3ccc(-n4c(C)ccc4C)cc3)nc2C)n[nH]c1=S. The number of benzene rings is 1. The molecule has 4 rings (SSSR count). The van der Waals surface area contributed by atoms with Gasteiger partial charge >= 0.3 is 0 Å². The normalized spacial score (nSPS) is 10.9. The van der Waals surface area contributed by atoms with Crippen LogP contribution in [-0.4, -0.2) is 30.2 Å². The van der Waals surface area contributed by atoms with Crippen LogP contribution in [0.1, 0.15) is 27.4 Å². The lowest BCUT2D eigenvalue weighted by Crippen LogP contribution is -2.11. The molecule has 0 atom stereocenters. The fraction of sp³-hybridized carbons (Fsp3) is 0.182. The molecule has 0 radical (unpaired) electrons. The summed E-state index contributed by atoms with van der Waals surface area (Å²) in [6, 6.07) is 11.7. The Morgan fingerprint density at radius 3 is 2.52 bits per heavy atom. The highest BCUT2D eigenvalue weighted by molar-refractivity contribution is 7.71. The fourth-order valence-electron chi connectivity index (χ4n) is 3.45. The number of rotatable bonds is 6. The summed E-state index contributed by atoms with van der Waals surface area (Å²) in [5, 5.41) is 10.5. The van der Waals surface area contributed by atoms with Crippen molar-refractivity contribution in [3.05, 3.63) is 76.5 Å². The van der Waals surface area contributed by atoms with E-state index in [1.54, 1.807) is 6.08 Å². The van der Waals surface area contributed by atoms with Crippen LogP contribution in [0.25, 0.3) is 16.4 Å². The first kappa shape index (κ1) is 21.0. The lowest BCUT2D eigenvalue weighted by atomic mass is 10.2. The zero-order valence-electron chi connectivity index (χ0n) is 17.5. The van der Waals surface area contributed by atoms with Crippen molar-refractivity contribution in [1.82, 2.24) is 24.3 Å². The Morgan fingerprint density at radius 1 is 1.19 bits per heavy atom. The van der Waals surface area contributed by atoms with E-state index in [1.165, 1.54) is 11.3 Å². The maximum atomic E-state index is 12.8. The largest absolute Gasteiger partial charge is 0.319 e. The number of aromatic nitrogens is 5. The van der Waals surface area contributed by atoms with Crippen molar-refractivity contribution < 1.29 is 4.79 Å². The summed E-state index contributed by atoms with van der Waals surface area (Å²) in [5.41, 5.74) is 4.65. The van der Waals surface area contributed by atoms with Crippen LogP contribution in [0.4, 0.5) is 5.13 Å². The minimum Gasteiger partial charge on any atom is -0.319 e. The van der Waals surface area contributed by atoms with Gasteiger partial charge < -0.3 is 4.57 Å². The maximum Gasteiger partial charge on any atom is 0.257 e. The summed E-state index contributed by atoms with van der Waals surface area (Å²) in [6.45, 7) is 10.3. The van der Waals surface area contributed by atoms with Crippen LogP contribution in [0.5, 0.6) is 0 Å². The topological polar surface area (TPSA) is 80.5 Å². The van der Waals surface area contributed by atoms with Crippen molar-refractivity contribution in [1.29, 1.82) is 0 Å². The average molecular weight is 451 g/mol. The number of H-pyrrole nitrogens is 1. The third kappa shape index (κ3) is 4.01. The standard InChI is InChI=1S/C22H22N6OS2/c1-5-12-27-19(25-26-22(27)30)18-15(4)23-21(31-18)24-20(29)16-8-10-17(11-9-16)28-13(2)6-7-14(28)3/h5-11H,1,12H2,2-4H3,(H,26,30)(H,23,24,29). The molecule has 158 valence electrons. The van der Waals surface area contributed by atoms with Gasteiger partial charge in [0.25, 0.3) is 5.91 Å². The minimum absolute atomic E-state index is 0.210. The molecule has 2 N–H and O–H groups in total. The maximum absolute atomic E-state index is 12.8. The molecule has 0 spiro atoms. The van der Waals surface area contributed by atoms with Crippen molar-refractivity contribution in [3.8, 4) is 16.4 Å². The molecule has 0 saturated carbocycles. The second kappa shape index (κ2) is 8.44. The van der Waals surface area contributed by atoms with E-state index in [0.717, 1.165) is 27.6 Å². The first-order chi connectivity index (χ1) is 14.9. The van der Waals surface area contributed by atoms with E-state index < -0.39 is 0 Å². The monoisotopic (exact) mass is 450 g/mol. The lowest BCUT2D eigenvalue weighted by Gasteiger charge is -2.10. The lowest BCUT2D eigenvalue weighted by molar-refractivity contribution is 0.102. The summed E-state index contributed by atoms with van der Waals surface area (Å²) < 4.78 is 4.51. The second-order valence-corrected chi connectivity index (χ2v) is 8.52. The van der Waals surface area contributed by atoms with Crippen LogP contribution < -0.4 is 5.32 Å². The number of aromatic amines is 1. The van der Waals surface area contributed by atoms with Crippen molar-refractivity contribution in [2.24, 2.45) is 0 Å². The molecule has 1 amide bonds. The predicted molar refractivity (Wildman–Crippen MR) is 127 cm³/mol. The smallest absolute Gasteiger partial charge is 0.257 e. The van der Waals surface area contributed by atoms with Gasteiger partial charge in [-0.25, -0.2) is 4.98 Å². The van der Waals surface area contributed by atoms with E-state index in [4.69, 9.17) is 12.2 Å². The van der Waals surface area contributed by atoms with Crippen molar-refractivity contribution >= 4 is 34.6 Å². The van der Waals surface area contributed by atoms with E-state index in [9.17, 15) is 4.79 Å². The number of aryl methyl sites for hydroxylation is 3. The zero-order chi connectivity index (χ0) is 22.1. The summed E-state index contributed by atoms with van der Waals surface area (Å²) in [7, 11) is 0. The second-order valence-electron chi connectivity index (χ2n) is 7.14. The number of nitrogens with zero attached hydrogens (tertiary/aromatic N) is 4. The average Bonchev–Trinajstić information content (AvgIpc) is 3.40. The molecule has 31 heavy (non-hydrogen) atoms. The molecule has 1 aromatic carbocycles. The molecule has 0 aliphatic heterocycles. The van der Waals surface area contributed by atoms with E-state index in [2.05, 4.69) is 57.6 Å². The zero-order valence-corrected chi connectivity index (χ0v) is 19.1. The molecule has 0 aliphatic carbocycles. The van der Waals surface area contributed by atoms with Crippen LogP contribution in [0.3, 0.4) is 0 Å². The highest BCUT2D eigenvalue weighted by atomic mass is 32.1. The Morgan fingerprint density at radius 2 is 1.87 bits per heavy atom. The molecule has 0 bridgehead atoms. The van der Waals surface area contributed by atoms with Crippen LogP contribution in [-0.2, 0) is 6.54 Å². The van der Waals surface area contributed by atoms with E-state index >= 15 is 0 Å². The van der Waals surface area contributed by atoms with Crippen molar-refractivity contribution in [2.75, 3.05) is 5.32 Å². The first-order valence-corrected chi connectivity index (χ1v) is 10.9. The quantitative estimate of drug-likeness (QED) is 0.312.